The highest BCUT2D eigenvalue weighted by Crippen LogP contribution is 2.17. The average molecular weight is 316 g/mol. The summed E-state index contributed by atoms with van der Waals surface area (Å²) in [5.41, 5.74) is 7.34. The van der Waals surface area contributed by atoms with Gasteiger partial charge in [0.25, 0.3) is 0 Å². The molecular weight excluding hydrogens is 292 g/mol. The van der Waals surface area contributed by atoms with Gasteiger partial charge >= 0.3 is 0 Å². The van der Waals surface area contributed by atoms with Gasteiger partial charge in [0.15, 0.2) is 0 Å². The van der Waals surface area contributed by atoms with Crippen LogP contribution in [-0.2, 0) is 18.3 Å². The van der Waals surface area contributed by atoms with Gasteiger partial charge in [-0.25, -0.2) is 0 Å². The number of ether oxygens (including phenoxy) is 1. The van der Waals surface area contributed by atoms with Crippen LogP contribution in [0.4, 0.5) is 0 Å². The number of hydrogen-bond donors (Lipinski definition) is 2. The lowest BCUT2D eigenvalue weighted by atomic mass is 10.1. The van der Waals surface area contributed by atoms with Crippen LogP contribution >= 0.6 is 0 Å². The van der Waals surface area contributed by atoms with Gasteiger partial charge in [-0.05, 0) is 30.2 Å². The maximum absolute atomic E-state index is 12.3. The highest BCUT2D eigenvalue weighted by Gasteiger charge is 2.16. The van der Waals surface area contributed by atoms with Crippen LogP contribution in [0.2, 0.25) is 0 Å². The number of amides is 1. The van der Waals surface area contributed by atoms with Gasteiger partial charge < -0.3 is 15.8 Å². The molecule has 2 rings (SSSR count). The number of aryl methyl sites for hydroxylation is 1. The van der Waals surface area contributed by atoms with Gasteiger partial charge in [0.05, 0.1) is 18.2 Å². The fourth-order valence-electron chi connectivity index (χ4n) is 2.46. The fourth-order valence-corrected chi connectivity index (χ4v) is 2.46. The molecule has 23 heavy (non-hydrogen) atoms. The number of hydrogen-bond acceptors (Lipinski definition) is 4. The first-order valence-corrected chi connectivity index (χ1v) is 7.83. The second-order valence-electron chi connectivity index (χ2n) is 5.37. The van der Waals surface area contributed by atoms with E-state index in [1.807, 2.05) is 44.3 Å². The van der Waals surface area contributed by atoms with E-state index in [-0.39, 0.29) is 11.9 Å². The number of nitrogens with zero attached hydrogens (tertiary/aromatic N) is 2. The van der Waals surface area contributed by atoms with E-state index in [9.17, 15) is 4.79 Å². The Hall–Kier alpha value is -2.34. The second-order valence-corrected chi connectivity index (χ2v) is 5.37. The zero-order valence-corrected chi connectivity index (χ0v) is 13.7. The summed E-state index contributed by atoms with van der Waals surface area (Å²) in [6, 6.07) is 9.43. The van der Waals surface area contributed by atoms with Crippen molar-refractivity contribution in [3.8, 4) is 5.75 Å². The summed E-state index contributed by atoms with van der Waals surface area (Å²) in [4.78, 5) is 12.3. The summed E-state index contributed by atoms with van der Waals surface area (Å²) in [5.74, 6) is 0.716. The van der Waals surface area contributed by atoms with E-state index in [1.165, 1.54) is 0 Å². The maximum Gasteiger partial charge on any atom is 0.224 e. The van der Waals surface area contributed by atoms with Crippen molar-refractivity contribution in [3.05, 3.63) is 47.8 Å². The zero-order chi connectivity index (χ0) is 16.7. The summed E-state index contributed by atoms with van der Waals surface area (Å²) < 4.78 is 7.27. The normalized spacial score (nSPS) is 12.0. The third-order valence-corrected chi connectivity index (χ3v) is 3.61. The molecule has 1 aromatic heterocycles. The third-order valence-electron chi connectivity index (χ3n) is 3.61. The van der Waals surface area contributed by atoms with Gasteiger partial charge in [-0.15, -0.1) is 0 Å². The number of benzene rings is 1. The molecule has 1 atom stereocenters. The van der Waals surface area contributed by atoms with E-state index in [4.69, 9.17) is 10.5 Å². The Labute approximate surface area is 136 Å². The average Bonchev–Trinajstić information content (AvgIpc) is 2.97. The lowest BCUT2D eigenvalue weighted by Crippen LogP contribution is -2.30. The zero-order valence-electron chi connectivity index (χ0n) is 13.7. The maximum atomic E-state index is 12.3. The molecule has 0 saturated heterocycles. The van der Waals surface area contributed by atoms with E-state index in [0.717, 1.165) is 23.4 Å². The van der Waals surface area contributed by atoms with Gasteiger partial charge in [-0.1, -0.05) is 19.1 Å². The Morgan fingerprint density at radius 1 is 1.43 bits per heavy atom. The first-order chi connectivity index (χ1) is 11.1. The first kappa shape index (κ1) is 17.0. The van der Waals surface area contributed by atoms with Gasteiger partial charge in [0.2, 0.25) is 5.91 Å². The van der Waals surface area contributed by atoms with Crippen LogP contribution in [0.1, 0.15) is 30.6 Å². The van der Waals surface area contributed by atoms with Crippen LogP contribution in [0.25, 0.3) is 0 Å². The molecule has 3 N–H and O–H groups in total. The van der Waals surface area contributed by atoms with Crippen LogP contribution in [-0.4, -0.2) is 28.8 Å². The summed E-state index contributed by atoms with van der Waals surface area (Å²) in [7, 11) is 1.88. The molecule has 1 amide bonds. The van der Waals surface area contributed by atoms with Gasteiger partial charge in [-0.2, -0.15) is 5.10 Å². The Morgan fingerprint density at radius 3 is 2.91 bits per heavy atom. The number of carbonyl (C=O) groups excluding carboxylic acids is 1. The highest BCUT2D eigenvalue weighted by atomic mass is 16.5. The summed E-state index contributed by atoms with van der Waals surface area (Å²) in [5, 5.41) is 7.22. The van der Waals surface area contributed by atoms with Crippen LogP contribution in [0.5, 0.6) is 5.75 Å². The van der Waals surface area contributed by atoms with Crippen molar-refractivity contribution in [1.82, 2.24) is 15.1 Å². The monoisotopic (exact) mass is 316 g/mol. The SMILES string of the molecule is CC[C@@H](NC(=O)Cc1cccc(OCCN)c1)c1ccnn1C. The second kappa shape index (κ2) is 8.33. The number of nitrogens with one attached hydrogen (secondary N) is 1. The van der Waals surface area contributed by atoms with Crippen LogP contribution in [0, 0.1) is 0 Å². The highest BCUT2D eigenvalue weighted by molar-refractivity contribution is 5.79. The predicted octanol–water partition coefficient (Wildman–Crippen LogP) is 1.57. The van der Waals surface area contributed by atoms with Gasteiger partial charge in [0.1, 0.15) is 12.4 Å². The molecule has 0 saturated carbocycles. The molecule has 0 unspecified atom stereocenters. The molecule has 0 bridgehead atoms. The Morgan fingerprint density at radius 2 is 2.26 bits per heavy atom. The van der Waals surface area contributed by atoms with Crippen LogP contribution in [0.3, 0.4) is 0 Å². The van der Waals surface area contributed by atoms with E-state index in [2.05, 4.69) is 10.4 Å². The molecule has 6 heteroatoms. The standard InChI is InChI=1S/C17H24N4O2/c1-3-15(16-7-9-19-21(16)2)20-17(22)12-13-5-4-6-14(11-13)23-10-8-18/h4-7,9,11,15H,3,8,10,12,18H2,1-2H3,(H,20,22)/t15-/m1/s1. The van der Waals surface area contributed by atoms with Crippen molar-refractivity contribution in [3.63, 3.8) is 0 Å². The summed E-state index contributed by atoms with van der Waals surface area (Å²) in [6.07, 6.45) is 2.86. The van der Waals surface area contributed by atoms with E-state index < -0.39 is 0 Å². The number of aromatic nitrogens is 2. The molecule has 1 aromatic carbocycles. The van der Waals surface area contributed by atoms with Crippen molar-refractivity contribution in [1.29, 1.82) is 0 Å². The molecule has 0 aliphatic carbocycles. The van der Waals surface area contributed by atoms with Crippen molar-refractivity contribution < 1.29 is 9.53 Å². The minimum absolute atomic E-state index is 0.0194. The minimum Gasteiger partial charge on any atom is -0.492 e. The molecule has 6 nitrogen and oxygen atoms in total. The molecular formula is C17H24N4O2. The molecule has 1 heterocycles. The lowest BCUT2D eigenvalue weighted by molar-refractivity contribution is -0.121. The fraction of sp³-hybridized carbons (Fsp3) is 0.412. The minimum atomic E-state index is -0.0355. The lowest BCUT2D eigenvalue weighted by Gasteiger charge is -2.17. The van der Waals surface area contributed by atoms with Gasteiger partial charge in [-0.3, -0.25) is 9.48 Å². The molecule has 124 valence electrons. The van der Waals surface area contributed by atoms with Crippen molar-refractivity contribution in [2.75, 3.05) is 13.2 Å². The Bertz CT molecular complexity index is 639. The summed E-state index contributed by atoms with van der Waals surface area (Å²) in [6.45, 7) is 2.97. The van der Waals surface area contributed by atoms with Gasteiger partial charge in [0, 0.05) is 19.8 Å². The number of carbonyl (C=O) groups is 1. The van der Waals surface area contributed by atoms with E-state index in [0.29, 0.717) is 19.6 Å². The summed E-state index contributed by atoms with van der Waals surface area (Å²) >= 11 is 0. The molecule has 0 spiro atoms. The van der Waals surface area contributed by atoms with E-state index >= 15 is 0 Å². The predicted molar refractivity (Wildman–Crippen MR) is 89.1 cm³/mol. The Kier molecular flexibility index (Phi) is 6.17. The molecule has 0 fully saturated rings. The van der Waals surface area contributed by atoms with E-state index in [1.54, 1.807) is 10.9 Å². The molecule has 0 aliphatic heterocycles. The molecule has 0 aliphatic rings. The van der Waals surface area contributed by atoms with Crippen LogP contribution < -0.4 is 15.8 Å². The van der Waals surface area contributed by atoms with Crippen LogP contribution in [0.15, 0.2) is 36.5 Å². The first-order valence-electron chi connectivity index (χ1n) is 7.83. The number of nitrogens with two attached hydrogens (primary N) is 1. The smallest absolute Gasteiger partial charge is 0.224 e. The third kappa shape index (κ3) is 4.82. The Balaban J connectivity index is 1.97. The van der Waals surface area contributed by atoms with Crippen molar-refractivity contribution >= 4 is 5.91 Å². The number of rotatable bonds is 8. The largest absolute Gasteiger partial charge is 0.492 e. The quantitative estimate of drug-likeness (QED) is 0.774. The topological polar surface area (TPSA) is 82.2 Å². The van der Waals surface area contributed by atoms with Crippen molar-refractivity contribution in [2.24, 2.45) is 12.8 Å². The molecule has 0 radical (unpaired) electrons. The van der Waals surface area contributed by atoms with Crippen molar-refractivity contribution in [2.45, 2.75) is 25.8 Å². The molecule has 2 aromatic rings.